The molecule has 152 valence electrons. The Morgan fingerprint density at radius 3 is 2.72 bits per heavy atom. The Labute approximate surface area is 170 Å². The first-order valence-electron chi connectivity index (χ1n) is 8.92. The van der Waals surface area contributed by atoms with Gasteiger partial charge in [0.2, 0.25) is 5.88 Å². The molecule has 1 amide bonds. The summed E-state index contributed by atoms with van der Waals surface area (Å²) in [6, 6.07) is 3.38. The van der Waals surface area contributed by atoms with Crippen molar-refractivity contribution in [1.29, 1.82) is 0 Å². The zero-order valence-corrected chi connectivity index (χ0v) is 17.0. The van der Waals surface area contributed by atoms with Gasteiger partial charge in [-0.25, -0.2) is 9.67 Å². The van der Waals surface area contributed by atoms with E-state index in [9.17, 15) is 9.59 Å². The summed E-state index contributed by atoms with van der Waals surface area (Å²) in [5, 5.41) is 17.1. The van der Waals surface area contributed by atoms with Gasteiger partial charge in [-0.2, -0.15) is 5.10 Å². The van der Waals surface area contributed by atoms with Crippen LogP contribution in [0.3, 0.4) is 0 Å². The van der Waals surface area contributed by atoms with Crippen LogP contribution >= 0.6 is 11.3 Å². The second-order valence-corrected chi connectivity index (χ2v) is 6.64. The first-order chi connectivity index (χ1) is 14.0. The zero-order chi connectivity index (χ0) is 20.8. The summed E-state index contributed by atoms with van der Waals surface area (Å²) in [4.78, 5) is 28.5. The van der Waals surface area contributed by atoms with Crippen LogP contribution in [0.15, 0.2) is 23.7 Å². The van der Waals surface area contributed by atoms with E-state index in [0.717, 1.165) is 0 Å². The average molecular weight is 416 g/mol. The van der Waals surface area contributed by atoms with Gasteiger partial charge in [0.05, 0.1) is 43.3 Å². The minimum atomic E-state index is -0.356. The molecule has 0 aliphatic carbocycles. The standard InChI is InChI=1S/C18H20N6O4S/c1-4-13-12(9-19-24(13)14-6-7-15(27-3)23-22-14)17(26)21-18-20-11(10-29-18)8-16(25)28-5-2/h6-7,9-10H,4-5,8H2,1-3H3,(H,20,21,26). The lowest BCUT2D eigenvalue weighted by Gasteiger charge is -2.07. The highest BCUT2D eigenvalue weighted by molar-refractivity contribution is 7.14. The Kier molecular flexibility index (Phi) is 6.50. The van der Waals surface area contributed by atoms with Crippen LogP contribution in [0.1, 0.15) is 35.6 Å². The molecule has 0 aromatic carbocycles. The molecule has 10 nitrogen and oxygen atoms in total. The molecule has 0 aliphatic heterocycles. The molecule has 11 heteroatoms. The fraction of sp³-hybridized carbons (Fsp3) is 0.333. The number of ether oxygens (including phenoxy) is 2. The number of nitrogens with zero attached hydrogens (tertiary/aromatic N) is 5. The van der Waals surface area contributed by atoms with Crippen LogP contribution in [0.5, 0.6) is 5.88 Å². The zero-order valence-electron chi connectivity index (χ0n) is 16.2. The number of nitrogens with one attached hydrogen (secondary N) is 1. The lowest BCUT2D eigenvalue weighted by molar-refractivity contribution is -0.142. The summed E-state index contributed by atoms with van der Waals surface area (Å²) >= 11 is 1.24. The molecule has 0 radical (unpaired) electrons. The molecule has 3 aromatic heterocycles. The van der Waals surface area contributed by atoms with Gasteiger partial charge in [-0.1, -0.05) is 6.92 Å². The van der Waals surface area contributed by atoms with Gasteiger partial charge in [-0.3, -0.25) is 14.9 Å². The van der Waals surface area contributed by atoms with Gasteiger partial charge in [0.25, 0.3) is 5.91 Å². The predicted octanol–water partition coefficient (Wildman–Crippen LogP) is 2.05. The third-order valence-electron chi connectivity index (χ3n) is 3.90. The fourth-order valence-electron chi connectivity index (χ4n) is 2.61. The van der Waals surface area contributed by atoms with Gasteiger partial charge in [0.1, 0.15) is 0 Å². The van der Waals surface area contributed by atoms with Crippen molar-refractivity contribution in [1.82, 2.24) is 25.0 Å². The predicted molar refractivity (Wildman–Crippen MR) is 105 cm³/mol. The Balaban J connectivity index is 1.75. The fourth-order valence-corrected chi connectivity index (χ4v) is 3.31. The molecular weight excluding hydrogens is 396 g/mol. The summed E-state index contributed by atoms with van der Waals surface area (Å²) in [7, 11) is 1.51. The third kappa shape index (κ3) is 4.74. The molecule has 0 aliphatic rings. The quantitative estimate of drug-likeness (QED) is 0.554. The van der Waals surface area contributed by atoms with E-state index in [0.29, 0.717) is 46.8 Å². The van der Waals surface area contributed by atoms with Gasteiger partial charge in [-0.05, 0) is 19.4 Å². The summed E-state index contributed by atoms with van der Waals surface area (Å²) in [6.07, 6.45) is 2.10. The highest BCUT2D eigenvalue weighted by atomic mass is 32.1. The normalized spacial score (nSPS) is 10.6. The Hall–Kier alpha value is -3.34. The minimum Gasteiger partial charge on any atom is -0.480 e. The van der Waals surface area contributed by atoms with Gasteiger partial charge >= 0.3 is 5.97 Å². The number of thiazole rings is 1. The molecule has 29 heavy (non-hydrogen) atoms. The minimum absolute atomic E-state index is 0.0640. The third-order valence-corrected chi connectivity index (χ3v) is 4.71. The maximum absolute atomic E-state index is 12.7. The second-order valence-electron chi connectivity index (χ2n) is 5.78. The van der Waals surface area contributed by atoms with E-state index in [1.807, 2.05) is 6.92 Å². The molecule has 0 atom stereocenters. The monoisotopic (exact) mass is 416 g/mol. The molecule has 0 unspecified atom stereocenters. The van der Waals surface area contributed by atoms with Crippen LogP contribution in [0.4, 0.5) is 5.13 Å². The molecule has 0 spiro atoms. The summed E-state index contributed by atoms with van der Waals surface area (Å²) < 4.78 is 11.5. The summed E-state index contributed by atoms with van der Waals surface area (Å²) in [5.74, 6) is 0.171. The number of anilines is 1. The molecule has 0 fully saturated rings. The first-order valence-corrected chi connectivity index (χ1v) is 9.80. The number of methoxy groups -OCH3 is 1. The van der Waals surface area contributed by atoms with Crippen LogP contribution in [-0.2, 0) is 22.4 Å². The topological polar surface area (TPSA) is 121 Å². The molecular formula is C18H20N6O4S. The lowest BCUT2D eigenvalue weighted by Crippen LogP contribution is -2.15. The molecule has 1 N–H and O–H groups in total. The Morgan fingerprint density at radius 1 is 1.24 bits per heavy atom. The smallest absolute Gasteiger partial charge is 0.311 e. The van der Waals surface area contributed by atoms with Crippen LogP contribution in [0, 0.1) is 0 Å². The van der Waals surface area contributed by atoms with Gasteiger partial charge < -0.3 is 9.47 Å². The number of amides is 1. The number of hydrogen-bond donors (Lipinski definition) is 1. The van der Waals surface area contributed by atoms with Crippen molar-refractivity contribution in [3.8, 4) is 11.7 Å². The number of hydrogen-bond acceptors (Lipinski definition) is 9. The van der Waals surface area contributed by atoms with Crippen molar-refractivity contribution in [3.05, 3.63) is 40.7 Å². The Morgan fingerprint density at radius 2 is 2.07 bits per heavy atom. The van der Waals surface area contributed by atoms with E-state index in [1.165, 1.54) is 24.6 Å². The van der Waals surface area contributed by atoms with Crippen molar-refractivity contribution in [2.24, 2.45) is 0 Å². The summed E-state index contributed by atoms with van der Waals surface area (Å²) in [5.41, 5.74) is 1.64. The maximum atomic E-state index is 12.7. The first kappa shape index (κ1) is 20.4. The van der Waals surface area contributed by atoms with Gasteiger partial charge in [0, 0.05) is 11.4 Å². The van der Waals surface area contributed by atoms with Crippen molar-refractivity contribution in [2.45, 2.75) is 26.7 Å². The van der Waals surface area contributed by atoms with Crippen LogP contribution in [-0.4, -0.2) is 50.6 Å². The van der Waals surface area contributed by atoms with E-state index >= 15 is 0 Å². The van der Waals surface area contributed by atoms with E-state index < -0.39 is 0 Å². The molecule has 3 heterocycles. The Bertz CT molecular complexity index is 998. The maximum Gasteiger partial charge on any atom is 0.311 e. The van der Waals surface area contributed by atoms with E-state index in [2.05, 4.69) is 25.6 Å². The molecule has 0 saturated heterocycles. The van der Waals surface area contributed by atoms with Crippen molar-refractivity contribution in [2.75, 3.05) is 19.0 Å². The van der Waals surface area contributed by atoms with E-state index in [-0.39, 0.29) is 18.3 Å². The second kappa shape index (κ2) is 9.24. The molecule has 3 aromatic rings. The molecule has 0 bridgehead atoms. The average Bonchev–Trinajstić information content (AvgIpc) is 3.34. The highest BCUT2D eigenvalue weighted by Crippen LogP contribution is 2.20. The van der Waals surface area contributed by atoms with E-state index in [1.54, 1.807) is 29.1 Å². The highest BCUT2D eigenvalue weighted by Gasteiger charge is 2.19. The van der Waals surface area contributed by atoms with Crippen LogP contribution < -0.4 is 10.1 Å². The number of carbonyl (C=O) groups is 2. The van der Waals surface area contributed by atoms with Crippen LogP contribution in [0.2, 0.25) is 0 Å². The van der Waals surface area contributed by atoms with Crippen LogP contribution in [0.25, 0.3) is 5.82 Å². The van der Waals surface area contributed by atoms with E-state index in [4.69, 9.17) is 9.47 Å². The number of rotatable bonds is 8. The van der Waals surface area contributed by atoms with Crippen molar-refractivity contribution >= 4 is 28.3 Å². The number of esters is 1. The summed E-state index contributed by atoms with van der Waals surface area (Å²) in [6.45, 7) is 3.98. The molecule has 0 saturated carbocycles. The van der Waals surface area contributed by atoms with Gasteiger partial charge in [0.15, 0.2) is 10.9 Å². The number of carbonyl (C=O) groups excluding carboxylic acids is 2. The van der Waals surface area contributed by atoms with Gasteiger partial charge in [-0.15, -0.1) is 21.5 Å². The largest absolute Gasteiger partial charge is 0.480 e. The SMILES string of the molecule is CCOC(=O)Cc1csc(NC(=O)c2cnn(-c3ccc(OC)nn3)c2CC)n1. The van der Waals surface area contributed by atoms with Crippen molar-refractivity contribution in [3.63, 3.8) is 0 Å². The van der Waals surface area contributed by atoms with Crippen molar-refractivity contribution < 1.29 is 19.1 Å². The lowest BCUT2D eigenvalue weighted by atomic mass is 10.2. The number of aromatic nitrogens is 5. The molecule has 3 rings (SSSR count).